The average molecular weight is 238 g/mol. The number of hydrogen-bond acceptors (Lipinski definition) is 4. The van der Waals surface area contributed by atoms with Crippen molar-refractivity contribution in [3.8, 4) is 0 Å². The van der Waals surface area contributed by atoms with E-state index in [-0.39, 0.29) is 18.2 Å². The van der Waals surface area contributed by atoms with Gasteiger partial charge >= 0.3 is 0 Å². The maximum Gasteiger partial charge on any atom is 0.270 e. The Labute approximate surface area is 101 Å². The van der Waals surface area contributed by atoms with Crippen LogP contribution >= 0.6 is 0 Å². The van der Waals surface area contributed by atoms with Crippen molar-refractivity contribution in [1.82, 2.24) is 15.2 Å². The van der Waals surface area contributed by atoms with Crippen molar-refractivity contribution < 1.29 is 9.59 Å². The van der Waals surface area contributed by atoms with Crippen LogP contribution in [0.3, 0.4) is 0 Å². The van der Waals surface area contributed by atoms with Crippen molar-refractivity contribution in [2.24, 2.45) is 5.10 Å². The summed E-state index contributed by atoms with van der Waals surface area (Å²) in [4.78, 5) is 25.4. The topological polar surface area (TPSA) is 65.0 Å². The van der Waals surface area contributed by atoms with Crippen LogP contribution in [0.5, 0.6) is 0 Å². The largest absolute Gasteiger partial charge is 0.335 e. The number of nitrogens with zero attached hydrogens (tertiary/aromatic N) is 3. The van der Waals surface area contributed by atoms with E-state index < -0.39 is 0 Å². The molecule has 0 aromatic rings. The Kier molecular flexibility index (Phi) is 3.73. The smallest absolute Gasteiger partial charge is 0.270 e. The molecule has 0 unspecified atom stereocenters. The third kappa shape index (κ3) is 2.63. The van der Waals surface area contributed by atoms with Crippen molar-refractivity contribution in [1.29, 1.82) is 0 Å². The number of amides is 2. The monoisotopic (exact) mass is 238 g/mol. The lowest BCUT2D eigenvalue weighted by Gasteiger charge is -2.26. The third-order valence-corrected chi connectivity index (χ3v) is 2.93. The van der Waals surface area contributed by atoms with E-state index in [0.717, 1.165) is 19.5 Å². The van der Waals surface area contributed by atoms with E-state index in [4.69, 9.17) is 0 Å². The van der Waals surface area contributed by atoms with Gasteiger partial charge in [0.25, 0.3) is 5.91 Å². The second-order valence-electron chi connectivity index (χ2n) is 4.28. The van der Waals surface area contributed by atoms with Gasteiger partial charge in [-0.25, -0.2) is 5.01 Å². The Morgan fingerprint density at radius 3 is 2.76 bits per heavy atom. The van der Waals surface area contributed by atoms with Crippen LogP contribution in [0.1, 0.15) is 19.8 Å². The Hall–Kier alpha value is -1.43. The fourth-order valence-electron chi connectivity index (χ4n) is 2.03. The molecule has 0 aliphatic carbocycles. The van der Waals surface area contributed by atoms with Gasteiger partial charge in [-0.1, -0.05) is 6.92 Å². The molecule has 1 saturated heterocycles. The molecule has 17 heavy (non-hydrogen) atoms. The summed E-state index contributed by atoms with van der Waals surface area (Å²) in [7, 11) is 0. The first-order valence-corrected chi connectivity index (χ1v) is 6.10. The first kappa shape index (κ1) is 12.0. The van der Waals surface area contributed by atoms with Crippen molar-refractivity contribution in [2.45, 2.75) is 19.8 Å². The van der Waals surface area contributed by atoms with Crippen LogP contribution < -0.4 is 5.32 Å². The first-order valence-electron chi connectivity index (χ1n) is 6.10. The molecule has 2 heterocycles. The molecule has 0 aromatic heterocycles. The second-order valence-corrected chi connectivity index (χ2v) is 4.28. The summed E-state index contributed by atoms with van der Waals surface area (Å²) >= 11 is 0. The van der Waals surface area contributed by atoms with Crippen LogP contribution in [0.4, 0.5) is 0 Å². The standard InChI is InChI=1S/C11H18N4O2/c1-2-5-15-10(16)8-9(13-15)11(17)14-6-3-12-4-7-14/h12H,2-8H2,1H3. The summed E-state index contributed by atoms with van der Waals surface area (Å²) in [6.45, 7) is 5.59. The first-order chi connectivity index (χ1) is 8.22. The van der Waals surface area contributed by atoms with E-state index in [1.807, 2.05) is 6.92 Å². The van der Waals surface area contributed by atoms with E-state index in [1.54, 1.807) is 4.90 Å². The molecule has 2 aliphatic heterocycles. The SMILES string of the molecule is CCCN1N=C(C(=O)N2CCNCC2)CC1=O. The second kappa shape index (κ2) is 5.27. The van der Waals surface area contributed by atoms with Gasteiger partial charge in [0.2, 0.25) is 5.91 Å². The molecule has 94 valence electrons. The molecule has 0 bridgehead atoms. The lowest BCUT2D eigenvalue weighted by Crippen LogP contribution is -2.48. The summed E-state index contributed by atoms with van der Waals surface area (Å²) in [6, 6.07) is 0. The number of piperazine rings is 1. The highest BCUT2D eigenvalue weighted by Crippen LogP contribution is 2.11. The molecule has 6 nitrogen and oxygen atoms in total. The molecule has 6 heteroatoms. The summed E-state index contributed by atoms with van der Waals surface area (Å²) in [5, 5.41) is 8.72. The third-order valence-electron chi connectivity index (χ3n) is 2.93. The van der Waals surface area contributed by atoms with Crippen LogP contribution in [-0.4, -0.2) is 60.2 Å². The van der Waals surface area contributed by atoms with Crippen molar-refractivity contribution in [3.05, 3.63) is 0 Å². The Morgan fingerprint density at radius 1 is 1.41 bits per heavy atom. The van der Waals surface area contributed by atoms with Gasteiger partial charge in [0, 0.05) is 32.7 Å². The van der Waals surface area contributed by atoms with Gasteiger partial charge in [0.15, 0.2) is 0 Å². The molecule has 2 aliphatic rings. The Balaban J connectivity index is 1.99. The van der Waals surface area contributed by atoms with Crippen LogP contribution in [0.15, 0.2) is 5.10 Å². The maximum atomic E-state index is 12.1. The number of rotatable bonds is 3. The minimum absolute atomic E-state index is 0.0645. The highest BCUT2D eigenvalue weighted by atomic mass is 16.2. The lowest BCUT2D eigenvalue weighted by molar-refractivity contribution is -0.129. The molecular formula is C11H18N4O2. The number of carbonyl (C=O) groups excluding carboxylic acids is 2. The van der Waals surface area contributed by atoms with Crippen LogP contribution in [-0.2, 0) is 9.59 Å². The quantitative estimate of drug-likeness (QED) is 0.715. The molecule has 2 rings (SSSR count). The maximum absolute atomic E-state index is 12.1. The van der Waals surface area contributed by atoms with E-state index in [9.17, 15) is 9.59 Å². The van der Waals surface area contributed by atoms with Crippen molar-refractivity contribution >= 4 is 17.5 Å². The normalized spacial score (nSPS) is 20.8. The zero-order valence-corrected chi connectivity index (χ0v) is 10.1. The molecule has 0 spiro atoms. The van der Waals surface area contributed by atoms with Crippen molar-refractivity contribution in [3.63, 3.8) is 0 Å². The lowest BCUT2D eigenvalue weighted by atomic mass is 10.2. The molecule has 1 N–H and O–H groups in total. The highest BCUT2D eigenvalue weighted by molar-refractivity contribution is 6.43. The summed E-state index contributed by atoms with van der Waals surface area (Å²) < 4.78 is 0. The molecule has 2 amide bonds. The Bertz CT molecular complexity index is 347. The summed E-state index contributed by atoms with van der Waals surface area (Å²) in [5.74, 6) is -0.149. The van der Waals surface area contributed by atoms with E-state index in [1.165, 1.54) is 5.01 Å². The zero-order chi connectivity index (χ0) is 12.3. The van der Waals surface area contributed by atoms with Crippen LogP contribution in [0, 0.1) is 0 Å². The fourth-order valence-corrected chi connectivity index (χ4v) is 2.03. The summed E-state index contributed by atoms with van der Waals surface area (Å²) in [6.07, 6.45) is 1.01. The molecule has 0 atom stereocenters. The molecule has 0 saturated carbocycles. The molecule has 0 radical (unpaired) electrons. The summed E-state index contributed by atoms with van der Waals surface area (Å²) in [5.41, 5.74) is 0.394. The van der Waals surface area contributed by atoms with Crippen LogP contribution in [0.25, 0.3) is 0 Å². The highest BCUT2D eigenvalue weighted by Gasteiger charge is 2.30. The minimum Gasteiger partial charge on any atom is -0.335 e. The van der Waals surface area contributed by atoms with Gasteiger partial charge in [0.05, 0.1) is 6.42 Å². The van der Waals surface area contributed by atoms with Gasteiger partial charge in [-0.15, -0.1) is 0 Å². The van der Waals surface area contributed by atoms with Gasteiger partial charge < -0.3 is 10.2 Å². The predicted octanol–water partition coefficient (Wildman–Crippen LogP) is -0.583. The molecule has 0 aromatic carbocycles. The fraction of sp³-hybridized carbons (Fsp3) is 0.727. The van der Waals surface area contributed by atoms with Gasteiger partial charge in [-0.3, -0.25) is 9.59 Å². The van der Waals surface area contributed by atoms with E-state index in [2.05, 4.69) is 10.4 Å². The van der Waals surface area contributed by atoms with Gasteiger partial charge in [0.1, 0.15) is 5.71 Å². The zero-order valence-electron chi connectivity index (χ0n) is 10.1. The molecule has 1 fully saturated rings. The number of carbonyl (C=O) groups is 2. The van der Waals surface area contributed by atoms with E-state index >= 15 is 0 Å². The van der Waals surface area contributed by atoms with Crippen LogP contribution in [0.2, 0.25) is 0 Å². The predicted molar refractivity (Wildman–Crippen MR) is 63.5 cm³/mol. The van der Waals surface area contributed by atoms with Gasteiger partial charge in [-0.05, 0) is 6.42 Å². The van der Waals surface area contributed by atoms with Gasteiger partial charge in [-0.2, -0.15) is 5.10 Å². The minimum atomic E-state index is -0.0848. The van der Waals surface area contributed by atoms with Crippen molar-refractivity contribution in [2.75, 3.05) is 32.7 Å². The molecular weight excluding hydrogens is 220 g/mol. The number of nitrogens with one attached hydrogen (secondary N) is 1. The Morgan fingerprint density at radius 2 is 2.12 bits per heavy atom. The number of hydrogen-bond donors (Lipinski definition) is 1. The average Bonchev–Trinajstić information content (AvgIpc) is 2.72. The number of hydrazone groups is 1. The van der Waals surface area contributed by atoms with E-state index in [0.29, 0.717) is 25.3 Å².